The summed E-state index contributed by atoms with van der Waals surface area (Å²) in [5.74, 6) is 1.97. The fourth-order valence-corrected chi connectivity index (χ4v) is 1.94. The van der Waals surface area contributed by atoms with Crippen molar-refractivity contribution >= 4 is 11.1 Å². The fraction of sp³-hybridized carbons (Fsp3) is 0.0714. The third-order valence-electron chi connectivity index (χ3n) is 2.82. The van der Waals surface area contributed by atoms with E-state index in [0.29, 0.717) is 22.8 Å². The summed E-state index contributed by atoms with van der Waals surface area (Å²) in [4.78, 5) is 4.24. The number of aromatic nitrogens is 1. The number of nitrogens with zero attached hydrogens (tertiary/aromatic N) is 1. The second kappa shape index (κ2) is 3.91. The van der Waals surface area contributed by atoms with Gasteiger partial charge in [-0.25, -0.2) is 0 Å². The van der Waals surface area contributed by atoms with E-state index in [1.165, 1.54) is 0 Å². The fourth-order valence-electron chi connectivity index (χ4n) is 1.94. The molecule has 5 heteroatoms. The molecule has 2 heterocycles. The predicted octanol–water partition coefficient (Wildman–Crippen LogP) is 3.35. The minimum Gasteiger partial charge on any atom is -0.454 e. The Bertz CT molecular complexity index is 717. The molecule has 0 amide bonds. The molecule has 4 rings (SSSR count). The van der Waals surface area contributed by atoms with Crippen LogP contribution in [-0.2, 0) is 0 Å². The standard InChI is InChI=1S/C14H9NO4/c1-2-4-11-10(3-1)15-14(19-11)18-9-5-6-12-13(7-9)17-8-16-12/h1-7H,8H2. The minimum absolute atomic E-state index is 0.208. The van der Waals surface area contributed by atoms with E-state index in [2.05, 4.69) is 4.98 Å². The Kier molecular flexibility index (Phi) is 2.11. The average molecular weight is 255 g/mol. The van der Waals surface area contributed by atoms with E-state index >= 15 is 0 Å². The van der Waals surface area contributed by atoms with Gasteiger partial charge in [-0.1, -0.05) is 12.1 Å². The molecule has 0 atom stereocenters. The molecular weight excluding hydrogens is 246 g/mol. The molecule has 0 saturated carbocycles. The Labute approximate surface area is 108 Å². The summed E-state index contributed by atoms with van der Waals surface area (Å²) in [6.45, 7) is 0.238. The second-order valence-electron chi connectivity index (χ2n) is 4.06. The van der Waals surface area contributed by atoms with Crippen molar-refractivity contribution in [3.05, 3.63) is 42.5 Å². The number of ether oxygens (including phenoxy) is 3. The monoisotopic (exact) mass is 255 g/mol. The lowest BCUT2D eigenvalue weighted by molar-refractivity contribution is 0.174. The Morgan fingerprint density at radius 3 is 2.84 bits per heavy atom. The van der Waals surface area contributed by atoms with Gasteiger partial charge in [-0.3, -0.25) is 0 Å². The first-order chi connectivity index (χ1) is 9.38. The van der Waals surface area contributed by atoms with Crippen LogP contribution in [0, 0.1) is 0 Å². The first-order valence-electron chi connectivity index (χ1n) is 5.81. The van der Waals surface area contributed by atoms with E-state index in [4.69, 9.17) is 18.6 Å². The number of oxazole rings is 1. The van der Waals surface area contributed by atoms with Gasteiger partial charge in [-0.05, 0) is 24.3 Å². The van der Waals surface area contributed by atoms with Gasteiger partial charge >= 0.3 is 6.08 Å². The molecule has 0 aliphatic carbocycles. The largest absolute Gasteiger partial charge is 0.454 e. The molecule has 0 unspecified atom stereocenters. The van der Waals surface area contributed by atoms with Crippen LogP contribution in [0.15, 0.2) is 46.9 Å². The van der Waals surface area contributed by atoms with Crippen LogP contribution in [-0.4, -0.2) is 11.8 Å². The number of benzene rings is 2. The zero-order valence-corrected chi connectivity index (χ0v) is 9.83. The van der Waals surface area contributed by atoms with Gasteiger partial charge in [0.25, 0.3) is 0 Å². The summed E-state index contributed by atoms with van der Waals surface area (Å²) < 4.78 is 21.6. The van der Waals surface area contributed by atoms with E-state index in [0.717, 1.165) is 5.52 Å². The lowest BCUT2D eigenvalue weighted by atomic mass is 10.3. The summed E-state index contributed by atoms with van der Waals surface area (Å²) in [6.07, 6.45) is 0.208. The molecule has 0 fully saturated rings. The van der Waals surface area contributed by atoms with E-state index in [1.54, 1.807) is 18.2 Å². The molecule has 5 nitrogen and oxygen atoms in total. The van der Waals surface area contributed by atoms with Gasteiger partial charge in [-0.2, -0.15) is 4.98 Å². The molecule has 1 aliphatic heterocycles. The lowest BCUT2D eigenvalue weighted by Crippen LogP contribution is -1.92. The highest BCUT2D eigenvalue weighted by molar-refractivity contribution is 5.72. The first kappa shape index (κ1) is 10.3. The Morgan fingerprint density at radius 2 is 1.89 bits per heavy atom. The highest BCUT2D eigenvalue weighted by atomic mass is 16.7. The number of fused-ring (bicyclic) bond motifs is 2. The third kappa shape index (κ3) is 1.76. The summed E-state index contributed by atoms with van der Waals surface area (Å²) in [7, 11) is 0. The molecule has 0 saturated heterocycles. The number of hydrogen-bond donors (Lipinski definition) is 0. The van der Waals surface area contributed by atoms with Gasteiger partial charge in [0.2, 0.25) is 6.79 Å². The normalized spacial score (nSPS) is 12.8. The number of para-hydroxylation sites is 2. The van der Waals surface area contributed by atoms with Crippen LogP contribution in [0.25, 0.3) is 11.1 Å². The van der Waals surface area contributed by atoms with Crippen molar-refractivity contribution in [2.45, 2.75) is 0 Å². The molecule has 0 spiro atoms. The topological polar surface area (TPSA) is 53.7 Å². The van der Waals surface area contributed by atoms with Gasteiger partial charge < -0.3 is 18.6 Å². The Hall–Kier alpha value is -2.69. The van der Waals surface area contributed by atoms with Crippen molar-refractivity contribution in [3.8, 4) is 23.3 Å². The summed E-state index contributed by atoms with van der Waals surface area (Å²) in [5, 5.41) is 0. The van der Waals surface area contributed by atoms with Crippen LogP contribution < -0.4 is 14.2 Å². The molecular formula is C14H9NO4. The van der Waals surface area contributed by atoms with Crippen LogP contribution in [0.3, 0.4) is 0 Å². The summed E-state index contributed by atoms with van der Waals surface area (Å²) >= 11 is 0. The maximum absolute atomic E-state index is 5.58. The van der Waals surface area contributed by atoms with Gasteiger partial charge in [0, 0.05) is 6.07 Å². The van der Waals surface area contributed by atoms with Crippen molar-refractivity contribution in [2.24, 2.45) is 0 Å². The first-order valence-corrected chi connectivity index (χ1v) is 5.81. The van der Waals surface area contributed by atoms with Gasteiger partial charge in [0.05, 0.1) is 0 Å². The van der Waals surface area contributed by atoms with Gasteiger partial charge in [-0.15, -0.1) is 0 Å². The van der Waals surface area contributed by atoms with Crippen molar-refractivity contribution in [1.82, 2.24) is 4.98 Å². The average Bonchev–Trinajstić information content (AvgIpc) is 3.03. The summed E-state index contributed by atoms with van der Waals surface area (Å²) in [5.41, 5.74) is 1.46. The van der Waals surface area contributed by atoms with Crippen molar-refractivity contribution in [2.75, 3.05) is 6.79 Å². The molecule has 0 radical (unpaired) electrons. The molecule has 94 valence electrons. The van der Waals surface area contributed by atoms with Crippen LogP contribution in [0.2, 0.25) is 0 Å². The quantitative estimate of drug-likeness (QED) is 0.702. The number of hydrogen-bond acceptors (Lipinski definition) is 5. The molecule has 1 aromatic heterocycles. The Balaban J connectivity index is 1.67. The van der Waals surface area contributed by atoms with Crippen LogP contribution in [0.4, 0.5) is 0 Å². The van der Waals surface area contributed by atoms with Crippen LogP contribution in [0.1, 0.15) is 0 Å². The van der Waals surface area contributed by atoms with Crippen LogP contribution >= 0.6 is 0 Å². The number of rotatable bonds is 2. The lowest BCUT2D eigenvalue weighted by Gasteiger charge is -2.01. The van der Waals surface area contributed by atoms with E-state index in [1.807, 2.05) is 24.3 Å². The predicted molar refractivity (Wildman–Crippen MR) is 66.6 cm³/mol. The zero-order chi connectivity index (χ0) is 12.7. The van der Waals surface area contributed by atoms with Crippen molar-refractivity contribution in [1.29, 1.82) is 0 Å². The van der Waals surface area contributed by atoms with Gasteiger partial charge in [0.15, 0.2) is 17.1 Å². The highest BCUT2D eigenvalue weighted by Crippen LogP contribution is 2.36. The minimum atomic E-state index is 0.208. The molecule has 19 heavy (non-hydrogen) atoms. The molecule has 0 N–H and O–H groups in total. The highest BCUT2D eigenvalue weighted by Gasteiger charge is 2.15. The van der Waals surface area contributed by atoms with E-state index in [-0.39, 0.29) is 12.9 Å². The molecule has 1 aliphatic rings. The second-order valence-corrected chi connectivity index (χ2v) is 4.06. The zero-order valence-electron chi connectivity index (χ0n) is 9.83. The molecule has 2 aromatic carbocycles. The van der Waals surface area contributed by atoms with Crippen molar-refractivity contribution < 1.29 is 18.6 Å². The van der Waals surface area contributed by atoms with Crippen LogP contribution in [0.5, 0.6) is 23.3 Å². The maximum Gasteiger partial charge on any atom is 0.400 e. The molecule has 3 aromatic rings. The Morgan fingerprint density at radius 1 is 1.00 bits per heavy atom. The van der Waals surface area contributed by atoms with Crippen molar-refractivity contribution in [3.63, 3.8) is 0 Å². The SMILES string of the molecule is c1ccc2oc(Oc3ccc4c(c3)OCO4)nc2c1. The third-order valence-corrected chi connectivity index (χ3v) is 2.82. The maximum atomic E-state index is 5.58. The van der Waals surface area contributed by atoms with E-state index < -0.39 is 0 Å². The van der Waals surface area contributed by atoms with Gasteiger partial charge in [0.1, 0.15) is 11.3 Å². The molecule has 0 bridgehead atoms. The van der Waals surface area contributed by atoms with E-state index in [9.17, 15) is 0 Å². The smallest absolute Gasteiger partial charge is 0.400 e. The summed E-state index contributed by atoms with van der Waals surface area (Å²) in [6, 6.07) is 12.8.